The van der Waals surface area contributed by atoms with Crippen molar-refractivity contribution < 1.29 is 9.59 Å². The Balaban J connectivity index is 1.71. The van der Waals surface area contributed by atoms with Crippen LogP contribution >= 0.6 is 11.6 Å². The smallest absolute Gasteiger partial charge is 0.322 e. The second-order valence-corrected chi connectivity index (χ2v) is 6.36. The summed E-state index contributed by atoms with van der Waals surface area (Å²) in [5, 5.41) is 9.29. The Morgan fingerprint density at radius 2 is 2.22 bits per heavy atom. The molecule has 3 amide bonds. The lowest BCUT2D eigenvalue weighted by Crippen LogP contribution is -2.41. The number of carbonyl (C=O) groups is 2. The highest BCUT2D eigenvalue weighted by Crippen LogP contribution is 2.28. The van der Waals surface area contributed by atoms with E-state index in [1.165, 1.54) is 0 Å². The minimum absolute atomic E-state index is 0.120. The fourth-order valence-corrected chi connectivity index (χ4v) is 3.53. The number of urea groups is 1. The van der Waals surface area contributed by atoms with Crippen LogP contribution in [0.25, 0.3) is 0 Å². The molecule has 0 aromatic heterocycles. The number of hydrogen-bond donors (Lipinski definition) is 3. The summed E-state index contributed by atoms with van der Waals surface area (Å²) in [6.07, 6.45) is 1.04. The van der Waals surface area contributed by atoms with Crippen LogP contribution in [0.4, 0.5) is 10.5 Å². The number of likely N-dealkylation sites (tertiary alicyclic amines) is 1. The van der Waals surface area contributed by atoms with E-state index in [1.807, 2.05) is 11.8 Å². The number of nitrogens with one attached hydrogen (secondary N) is 3. The minimum atomic E-state index is -0.241. The molecule has 23 heavy (non-hydrogen) atoms. The first-order chi connectivity index (χ1) is 11.1. The summed E-state index contributed by atoms with van der Waals surface area (Å²) in [6, 6.07) is 5.11. The summed E-state index contributed by atoms with van der Waals surface area (Å²) in [4.78, 5) is 26.4. The van der Waals surface area contributed by atoms with Gasteiger partial charge in [0.05, 0.1) is 10.6 Å². The quantitative estimate of drug-likeness (QED) is 0.789. The van der Waals surface area contributed by atoms with Gasteiger partial charge in [-0.2, -0.15) is 0 Å². The van der Waals surface area contributed by atoms with Gasteiger partial charge < -0.3 is 20.9 Å². The van der Waals surface area contributed by atoms with Gasteiger partial charge in [-0.1, -0.05) is 11.6 Å². The van der Waals surface area contributed by atoms with Gasteiger partial charge in [-0.3, -0.25) is 4.79 Å². The molecular weight excluding hydrogens is 316 g/mol. The Morgan fingerprint density at radius 1 is 1.39 bits per heavy atom. The molecule has 3 rings (SSSR count). The third-order valence-corrected chi connectivity index (χ3v) is 4.84. The lowest BCUT2D eigenvalue weighted by molar-refractivity contribution is 0.0956. The van der Waals surface area contributed by atoms with E-state index in [4.69, 9.17) is 11.6 Å². The van der Waals surface area contributed by atoms with E-state index in [0.717, 1.165) is 26.1 Å². The van der Waals surface area contributed by atoms with Crippen molar-refractivity contribution in [1.82, 2.24) is 15.5 Å². The van der Waals surface area contributed by atoms with Gasteiger partial charge in [-0.05, 0) is 37.5 Å². The van der Waals surface area contributed by atoms with Crippen molar-refractivity contribution in [3.8, 4) is 0 Å². The Hall–Kier alpha value is -1.79. The molecule has 2 aliphatic rings. The first-order valence-corrected chi connectivity index (χ1v) is 8.34. The molecule has 2 aliphatic heterocycles. The Kier molecular flexibility index (Phi) is 4.73. The number of carbonyl (C=O) groups excluding carboxylic acids is 2. The van der Waals surface area contributed by atoms with Crippen molar-refractivity contribution in [1.29, 1.82) is 0 Å². The zero-order chi connectivity index (χ0) is 16.4. The van der Waals surface area contributed by atoms with Gasteiger partial charge in [0.1, 0.15) is 0 Å². The molecule has 0 spiro atoms. The molecular formula is C16H21ClN4O2. The van der Waals surface area contributed by atoms with Crippen molar-refractivity contribution in [2.24, 2.45) is 5.92 Å². The van der Waals surface area contributed by atoms with E-state index >= 15 is 0 Å². The number of rotatable bonds is 3. The standard InChI is InChI=1S/C16H21ClN4O2/c1-2-19-15(22)12-7-11(3-4-13(12)17)20-16(23)21-6-5-10-8-18-9-14(10)21/h3-4,7,10,14,18H,2,5-6,8-9H2,1H3,(H,19,22)(H,20,23)/t10-,14+/m0/s1. The van der Waals surface area contributed by atoms with Crippen LogP contribution in [0, 0.1) is 5.92 Å². The molecule has 2 heterocycles. The van der Waals surface area contributed by atoms with E-state index < -0.39 is 0 Å². The highest BCUT2D eigenvalue weighted by Gasteiger charge is 2.39. The molecule has 1 aromatic carbocycles. The van der Waals surface area contributed by atoms with E-state index in [0.29, 0.717) is 28.7 Å². The van der Waals surface area contributed by atoms with Crippen LogP contribution in [0.2, 0.25) is 5.02 Å². The predicted molar refractivity (Wildman–Crippen MR) is 89.9 cm³/mol. The van der Waals surface area contributed by atoms with Crippen LogP contribution in [0.15, 0.2) is 18.2 Å². The van der Waals surface area contributed by atoms with Crippen molar-refractivity contribution in [2.75, 3.05) is 31.5 Å². The zero-order valence-corrected chi connectivity index (χ0v) is 13.8. The van der Waals surface area contributed by atoms with Gasteiger partial charge in [0.15, 0.2) is 0 Å². The summed E-state index contributed by atoms with van der Waals surface area (Å²) in [5.41, 5.74) is 0.947. The maximum atomic E-state index is 12.5. The van der Waals surface area contributed by atoms with Gasteiger partial charge in [0.25, 0.3) is 5.91 Å². The second kappa shape index (κ2) is 6.76. The van der Waals surface area contributed by atoms with E-state index in [2.05, 4.69) is 16.0 Å². The van der Waals surface area contributed by atoms with Crippen molar-refractivity contribution in [2.45, 2.75) is 19.4 Å². The van der Waals surface area contributed by atoms with Crippen LogP contribution in [0.3, 0.4) is 0 Å². The topological polar surface area (TPSA) is 73.5 Å². The number of amides is 3. The summed E-state index contributed by atoms with van der Waals surface area (Å²) in [7, 11) is 0. The maximum absolute atomic E-state index is 12.5. The lowest BCUT2D eigenvalue weighted by atomic mass is 10.1. The molecule has 0 radical (unpaired) electrons. The molecule has 2 fully saturated rings. The first-order valence-electron chi connectivity index (χ1n) is 7.96. The molecule has 2 saturated heterocycles. The van der Waals surface area contributed by atoms with Gasteiger partial charge in [-0.25, -0.2) is 4.79 Å². The summed E-state index contributed by atoms with van der Waals surface area (Å²) >= 11 is 6.07. The predicted octanol–water partition coefficient (Wildman–Crippen LogP) is 1.92. The van der Waals surface area contributed by atoms with Crippen LogP contribution in [-0.2, 0) is 0 Å². The lowest BCUT2D eigenvalue weighted by Gasteiger charge is -2.23. The van der Waals surface area contributed by atoms with Crippen LogP contribution in [0.5, 0.6) is 0 Å². The Morgan fingerprint density at radius 3 is 3.00 bits per heavy atom. The molecule has 7 heteroatoms. The van der Waals surface area contributed by atoms with Gasteiger partial charge in [0, 0.05) is 37.9 Å². The van der Waals surface area contributed by atoms with E-state index in [9.17, 15) is 9.59 Å². The number of benzene rings is 1. The highest BCUT2D eigenvalue weighted by atomic mass is 35.5. The highest BCUT2D eigenvalue weighted by molar-refractivity contribution is 6.34. The minimum Gasteiger partial charge on any atom is -0.352 e. The third kappa shape index (κ3) is 3.28. The van der Waals surface area contributed by atoms with E-state index in [1.54, 1.807) is 18.2 Å². The average molecular weight is 337 g/mol. The molecule has 3 N–H and O–H groups in total. The SMILES string of the molecule is CCNC(=O)c1cc(NC(=O)N2CC[C@H]3CNC[C@H]32)ccc1Cl. The van der Waals surface area contributed by atoms with Crippen molar-refractivity contribution in [3.63, 3.8) is 0 Å². The molecule has 2 atom stereocenters. The van der Waals surface area contributed by atoms with Gasteiger partial charge >= 0.3 is 6.03 Å². The van der Waals surface area contributed by atoms with Crippen LogP contribution < -0.4 is 16.0 Å². The molecule has 6 nitrogen and oxygen atoms in total. The molecule has 0 saturated carbocycles. The van der Waals surface area contributed by atoms with E-state index in [-0.39, 0.29) is 18.0 Å². The maximum Gasteiger partial charge on any atom is 0.322 e. The summed E-state index contributed by atoms with van der Waals surface area (Å²) < 4.78 is 0. The molecule has 124 valence electrons. The molecule has 0 aliphatic carbocycles. The largest absolute Gasteiger partial charge is 0.352 e. The fourth-order valence-electron chi connectivity index (χ4n) is 3.33. The number of anilines is 1. The Labute approximate surface area is 140 Å². The zero-order valence-electron chi connectivity index (χ0n) is 13.1. The number of hydrogen-bond acceptors (Lipinski definition) is 3. The molecule has 0 bridgehead atoms. The monoisotopic (exact) mass is 336 g/mol. The second-order valence-electron chi connectivity index (χ2n) is 5.95. The van der Waals surface area contributed by atoms with Crippen molar-refractivity contribution >= 4 is 29.2 Å². The normalized spacial score (nSPS) is 22.8. The molecule has 1 aromatic rings. The average Bonchev–Trinajstić information content (AvgIpc) is 3.12. The van der Waals surface area contributed by atoms with Crippen molar-refractivity contribution in [3.05, 3.63) is 28.8 Å². The van der Waals surface area contributed by atoms with Crippen LogP contribution in [0.1, 0.15) is 23.7 Å². The first kappa shape index (κ1) is 16.1. The number of halogens is 1. The number of nitrogens with zero attached hydrogens (tertiary/aromatic N) is 1. The summed E-state index contributed by atoms with van der Waals surface area (Å²) in [5.74, 6) is 0.312. The fraction of sp³-hybridized carbons (Fsp3) is 0.500. The van der Waals surface area contributed by atoms with Gasteiger partial charge in [0.2, 0.25) is 0 Å². The van der Waals surface area contributed by atoms with Gasteiger partial charge in [-0.15, -0.1) is 0 Å². The number of fused-ring (bicyclic) bond motifs is 1. The summed E-state index contributed by atoms with van der Waals surface area (Å²) in [6.45, 7) is 4.98. The Bertz CT molecular complexity index is 622. The molecule has 0 unspecified atom stereocenters. The van der Waals surface area contributed by atoms with Crippen LogP contribution in [-0.4, -0.2) is 49.1 Å². The third-order valence-electron chi connectivity index (χ3n) is 4.51.